The molecule has 8 nitrogen and oxygen atoms in total. The number of nitrogens with one attached hydrogen (secondary N) is 2. The number of esters is 1. The second kappa shape index (κ2) is 12.6. The first-order valence-corrected chi connectivity index (χ1v) is 9.96. The monoisotopic (exact) mass is 414 g/mol. The van der Waals surface area contributed by atoms with Gasteiger partial charge in [-0.3, -0.25) is 4.79 Å². The van der Waals surface area contributed by atoms with Gasteiger partial charge in [-0.1, -0.05) is 19.9 Å². The van der Waals surface area contributed by atoms with Gasteiger partial charge >= 0.3 is 12.1 Å². The van der Waals surface area contributed by atoms with Gasteiger partial charge in [-0.2, -0.15) is 0 Å². The van der Waals surface area contributed by atoms with Gasteiger partial charge in [0.15, 0.2) is 5.78 Å². The zero-order chi connectivity index (χ0) is 22.8. The summed E-state index contributed by atoms with van der Waals surface area (Å²) in [5.74, 6) is -0.508. The van der Waals surface area contributed by atoms with Crippen LogP contribution in [0.3, 0.4) is 0 Å². The van der Waals surface area contributed by atoms with E-state index in [1.165, 1.54) is 7.11 Å². The third-order valence-corrected chi connectivity index (χ3v) is 4.12. The number of hydrogen-bond acceptors (Lipinski definition) is 7. The SMILES string of the molecule is CCOC(=O)C(C)=C[C@@H](NCC(=O)[C@@H](NC(=O)OC(C)(C)C)[C@H](C)OC)C(C)C. The summed E-state index contributed by atoms with van der Waals surface area (Å²) in [6.07, 6.45) is 0.538. The number of methoxy groups -OCH3 is 1. The Morgan fingerprint density at radius 3 is 2.14 bits per heavy atom. The summed E-state index contributed by atoms with van der Waals surface area (Å²) in [7, 11) is 1.47. The minimum atomic E-state index is -0.870. The summed E-state index contributed by atoms with van der Waals surface area (Å²) in [6.45, 7) is 14.6. The molecule has 3 atom stereocenters. The van der Waals surface area contributed by atoms with Crippen molar-refractivity contribution in [3.63, 3.8) is 0 Å². The van der Waals surface area contributed by atoms with Crippen molar-refractivity contribution >= 4 is 17.8 Å². The number of rotatable bonds is 11. The van der Waals surface area contributed by atoms with E-state index in [0.29, 0.717) is 12.2 Å². The third kappa shape index (κ3) is 11.0. The van der Waals surface area contributed by atoms with E-state index in [9.17, 15) is 14.4 Å². The molecule has 168 valence electrons. The fourth-order valence-corrected chi connectivity index (χ4v) is 2.43. The maximum atomic E-state index is 12.8. The van der Waals surface area contributed by atoms with Crippen LogP contribution in [0.2, 0.25) is 0 Å². The Morgan fingerprint density at radius 2 is 1.69 bits per heavy atom. The number of hydrogen-bond donors (Lipinski definition) is 2. The molecule has 0 saturated heterocycles. The van der Waals surface area contributed by atoms with Crippen molar-refractivity contribution in [1.82, 2.24) is 10.6 Å². The summed E-state index contributed by atoms with van der Waals surface area (Å²) >= 11 is 0. The van der Waals surface area contributed by atoms with E-state index in [1.807, 2.05) is 13.8 Å². The number of ketones is 1. The van der Waals surface area contributed by atoms with Gasteiger partial charge in [-0.05, 0) is 47.5 Å². The molecule has 0 aliphatic heterocycles. The van der Waals surface area contributed by atoms with Gasteiger partial charge in [0, 0.05) is 18.7 Å². The minimum Gasteiger partial charge on any atom is -0.463 e. The van der Waals surface area contributed by atoms with E-state index >= 15 is 0 Å². The molecule has 0 unspecified atom stereocenters. The summed E-state index contributed by atoms with van der Waals surface area (Å²) < 4.78 is 15.5. The number of carbonyl (C=O) groups excluding carboxylic acids is 3. The van der Waals surface area contributed by atoms with Gasteiger partial charge in [0.05, 0.1) is 19.3 Å². The molecule has 0 heterocycles. The lowest BCUT2D eigenvalue weighted by atomic mass is 10.0. The smallest absolute Gasteiger partial charge is 0.408 e. The molecule has 2 N–H and O–H groups in total. The van der Waals surface area contributed by atoms with Crippen molar-refractivity contribution in [3.05, 3.63) is 11.6 Å². The van der Waals surface area contributed by atoms with E-state index in [1.54, 1.807) is 47.6 Å². The number of carbonyl (C=O) groups is 3. The molecule has 29 heavy (non-hydrogen) atoms. The molecule has 0 radical (unpaired) electrons. The molecule has 0 aromatic carbocycles. The average Bonchev–Trinajstić information content (AvgIpc) is 2.60. The summed E-state index contributed by atoms with van der Waals surface area (Å²) in [5.41, 5.74) is -0.205. The van der Waals surface area contributed by atoms with Crippen molar-refractivity contribution in [3.8, 4) is 0 Å². The Bertz CT molecular complexity index is 580. The van der Waals surface area contributed by atoms with Crippen LogP contribution in [0, 0.1) is 5.92 Å². The lowest BCUT2D eigenvalue weighted by Gasteiger charge is -2.27. The molecule has 0 fully saturated rings. The van der Waals surface area contributed by atoms with Crippen LogP contribution in [0.4, 0.5) is 4.79 Å². The highest BCUT2D eigenvalue weighted by molar-refractivity contribution is 5.90. The van der Waals surface area contributed by atoms with Gasteiger partial charge in [0.2, 0.25) is 0 Å². The van der Waals surface area contributed by atoms with Crippen LogP contribution in [0.5, 0.6) is 0 Å². The first kappa shape index (κ1) is 27.1. The standard InChI is InChI=1S/C21H38N2O6/c1-10-28-19(25)14(4)11-16(13(2)3)22-12-17(24)18(15(5)27-9)23-20(26)29-21(6,7)8/h11,13,15-16,18,22H,10,12H2,1-9H3,(H,23,26)/t15-,16+,18-/m0/s1. The lowest BCUT2D eigenvalue weighted by Crippen LogP contribution is -2.53. The largest absolute Gasteiger partial charge is 0.463 e. The van der Waals surface area contributed by atoms with Crippen LogP contribution in [0.15, 0.2) is 11.6 Å². The molecule has 0 aliphatic carbocycles. The van der Waals surface area contributed by atoms with Crippen LogP contribution in [0.25, 0.3) is 0 Å². The van der Waals surface area contributed by atoms with Crippen LogP contribution in [0.1, 0.15) is 55.4 Å². The van der Waals surface area contributed by atoms with Crippen molar-refractivity contribution in [2.75, 3.05) is 20.3 Å². The molecule has 0 bridgehead atoms. The molecule has 1 amide bonds. The molecule has 0 saturated carbocycles. The van der Waals surface area contributed by atoms with Gasteiger partial charge in [-0.15, -0.1) is 0 Å². The maximum absolute atomic E-state index is 12.8. The predicted octanol–water partition coefficient (Wildman–Crippen LogP) is 2.61. The summed E-state index contributed by atoms with van der Waals surface area (Å²) in [4.78, 5) is 36.7. The number of Topliss-reactive ketones (excluding diaryl/α,β-unsaturated/α-hetero) is 1. The molecule has 0 aromatic rings. The molecular weight excluding hydrogens is 376 g/mol. The third-order valence-electron chi connectivity index (χ3n) is 4.12. The Labute approximate surface area is 174 Å². The van der Waals surface area contributed by atoms with E-state index < -0.39 is 23.8 Å². The molecule has 0 aromatic heterocycles. The van der Waals surface area contributed by atoms with Crippen molar-refractivity contribution in [2.24, 2.45) is 5.92 Å². The van der Waals surface area contributed by atoms with E-state index in [-0.39, 0.29) is 30.3 Å². The van der Waals surface area contributed by atoms with Crippen LogP contribution >= 0.6 is 0 Å². The van der Waals surface area contributed by atoms with Gasteiger partial charge < -0.3 is 24.8 Å². The zero-order valence-corrected chi connectivity index (χ0v) is 19.3. The zero-order valence-electron chi connectivity index (χ0n) is 19.3. The maximum Gasteiger partial charge on any atom is 0.408 e. The Morgan fingerprint density at radius 1 is 1.10 bits per heavy atom. The molecule has 0 aliphatic rings. The number of amides is 1. The van der Waals surface area contributed by atoms with E-state index in [0.717, 1.165) is 0 Å². The Hall–Kier alpha value is -1.93. The minimum absolute atomic E-state index is 0.0103. The first-order chi connectivity index (χ1) is 13.3. The second-order valence-corrected chi connectivity index (χ2v) is 8.25. The summed E-state index contributed by atoms with van der Waals surface area (Å²) in [6, 6.07) is -1.09. The lowest BCUT2D eigenvalue weighted by molar-refractivity contribution is -0.138. The van der Waals surface area contributed by atoms with Gasteiger partial charge in [-0.25, -0.2) is 9.59 Å². The Kier molecular flexibility index (Phi) is 11.8. The molecular formula is C21H38N2O6. The number of alkyl carbamates (subject to hydrolysis) is 1. The van der Waals surface area contributed by atoms with Crippen LogP contribution < -0.4 is 10.6 Å². The fourth-order valence-electron chi connectivity index (χ4n) is 2.43. The Balaban J connectivity index is 5.15. The van der Waals surface area contributed by atoms with Crippen LogP contribution in [-0.2, 0) is 23.8 Å². The highest BCUT2D eigenvalue weighted by Gasteiger charge is 2.29. The van der Waals surface area contributed by atoms with Crippen molar-refractivity contribution < 1.29 is 28.6 Å². The van der Waals surface area contributed by atoms with E-state index in [2.05, 4.69) is 10.6 Å². The van der Waals surface area contributed by atoms with Gasteiger partial charge in [0.25, 0.3) is 0 Å². The fraction of sp³-hybridized carbons (Fsp3) is 0.762. The topological polar surface area (TPSA) is 103 Å². The first-order valence-electron chi connectivity index (χ1n) is 9.96. The molecule has 0 rings (SSSR count). The normalized spacial score (nSPS) is 15.4. The van der Waals surface area contributed by atoms with Gasteiger partial charge in [0.1, 0.15) is 11.6 Å². The van der Waals surface area contributed by atoms with Crippen molar-refractivity contribution in [1.29, 1.82) is 0 Å². The van der Waals surface area contributed by atoms with Crippen LogP contribution in [-0.4, -0.2) is 61.9 Å². The second-order valence-electron chi connectivity index (χ2n) is 8.25. The van der Waals surface area contributed by atoms with Crippen molar-refractivity contribution in [2.45, 2.75) is 79.2 Å². The quantitative estimate of drug-likeness (QED) is 0.396. The highest BCUT2D eigenvalue weighted by atomic mass is 16.6. The number of ether oxygens (including phenoxy) is 3. The average molecular weight is 415 g/mol. The predicted molar refractivity (Wildman–Crippen MR) is 112 cm³/mol. The molecule has 0 spiro atoms. The summed E-state index contributed by atoms with van der Waals surface area (Å²) in [5, 5.41) is 5.73. The van der Waals surface area contributed by atoms with E-state index in [4.69, 9.17) is 14.2 Å². The molecule has 8 heteroatoms. The highest BCUT2D eigenvalue weighted by Crippen LogP contribution is 2.10.